The van der Waals surface area contributed by atoms with Gasteiger partial charge in [-0.1, -0.05) is 30.3 Å². The van der Waals surface area contributed by atoms with Crippen LogP contribution in [0, 0.1) is 13.8 Å². The van der Waals surface area contributed by atoms with Gasteiger partial charge in [0.05, 0.1) is 11.3 Å². The average molecular weight is 327 g/mol. The van der Waals surface area contributed by atoms with Gasteiger partial charge in [-0.3, -0.25) is 15.0 Å². The highest BCUT2D eigenvalue weighted by atomic mass is 14.9. The summed E-state index contributed by atoms with van der Waals surface area (Å²) in [6.07, 6.45) is 6.54. The van der Waals surface area contributed by atoms with E-state index in [1.165, 1.54) is 16.7 Å². The topological polar surface area (TPSA) is 38.1 Å². The standard InChI is InChI=1S/C22H21N3/c1-15-11-18(13-24-16(15)2)21-20-9-5-4-7-17(20)12-22(3,25-21)19-8-6-10-23-14-19/h4-11,13-14H,12H2,1-3H3. The Kier molecular flexibility index (Phi) is 3.72. The van der Waals surface area contributed by atoms with Crippen LogP contribution in [0.3, 0.4) is 0 Å². The van der Waals surface area contributed by atoms with Gasteiger partial charge < -0.3 is 0 Å². The molecule has 0 spiro atoms. The van der Waals surface area contributed by atoms with E-state index < -0.39 is 0 Å². The van der Waals surface area contributed by atoms with Crippen LogP contribution >= 0.6 is 0 Å². The molecule has 25 heavy (non-hydrogen) atoms. The number of aliphatic imine (C=N–C) groups is 1. The fraction of sp³-hybridized carbons (Fsp3) is 0.227. The van der Waals surface area contributed by atoms with Gasteiger partial charge in [0.1, 0.15) is 0 Å². The van der Waals surface area contributed by atoms with Crippen LogP contribution in [0.25, 0.3) is 0 Å². The number of benzene rings is 1. The zero-order valence-corrected chi connectivity index (χ0v) is 14.8. The van der Waals surface area contributed by atoms with Gasteiger partial charge in [0, 0.05) is 41.8 Å². The van der Waals surface area contributed by atoms with Crippen molar-refractivity contribution >= 4 is 5.71 Å². The zero-order chi connectivity index (χ0) is 17.4. The number of rotatable bonds is 2. The van der Waals surface area contributed by atoms with Crippen molar-refractivity contribution in [3.05, 3.63) is 94.6 Å². The molecule has 1 aliphatic heterocycles. The van der Waals surface area contributed by atoms with E-state index in [0.717, 1.165) is 29.0 Å². The van der Waals surface area contributed by atoms with Gasteiger partial charge in [0.25, 0.3) is 0 Å². The highest BCUT2D eigenvalue weighted by molar-refractivity contribution is 6.14. The molecule has 1 aliphatic rings. The second kappa shape index (κ2) is 5.92. The van der Waals surface area contributed by atoms with Crippen LogP contribution in [0.4, 0.5) is 0 Å². The van der Waals surface area contributed by atoms with Gasteiger partial charge >= 0.3 is 0 Å². The van der Waals surface area contributed by atoms with E-state index in [9.17, 15) is 0 Å². The Morgan fingerprint density at radius 3 is 2.60 bits per heavy atom. The summed E-state index contributed by atoms with van der Waals surface area (Å²) in [7, 11) is 0. The number of pyridine rings is 2. The van der Waals surface area contributed by atoms with Crippen LogP contribution in [0.5, 0.6) is 0 Å². The summed E-state index contributed by atoms with van der Waals surface area (Å²) >= 11 is 0. The van der Waals surface area contributed by atoms with E-state index in [4.69, 9.17) is 4.99 Å². The van der Waals surface area contributed by atoms with E-state index in [1.807, 2.05) is 31.6 Å². The summed E-state index contributed by atoms with van der Waals surface area (Å²) in [4.78, 5) is 14.1. The van der Waals surface area contributed by atoms with Gasteiger partial charge in [-0.15, -0.1) is 0 Å². The lowest BCUT2D eigenvalue weighted by Crippen LogP contribution is -2.30. The van der Waals surface area contributed by atoms with Crippen molar-refractivity contribution in [2.45, 2.75) is 32.7 Å². The lowest BCUT2D eigenvalue weighted by atomic mass is 9.80. The molecule has 3 heterocycles. The van der Waals surface area contributed by atoms with Gasteiger partial charge in [-0.25, -0.2) is 0 Å². The normalized spacial score (nSPS) is 19.2. The molecule has 0 amide bonds. The molecule has 0 N–H and O–H groups in total. The Morgan fingerprint density at radius 2 is 1.84 bits per heavy atom. The third kappa shape index (κ3) is 2.76. The minimum atomic E-state index is -0.323. The van der Waals surface area contributed by atoms with Gasteiger partial charge in [-0.05, 0) is 49.6 Å². The monoisotopic (exact) mass is 327 g/mol. The number of aryl methyl sites for hydroxylation is 2. The molecular formula is C22H21N3. The zero-order valence-electron chi connectivity index (χ0n) is 14.8. The van der Waals surface area contributed by atoms with Gasteiger partial charge in [0.2, 0.25) is 0 Å². The Morgan fingerprint density at radius 1 is 1.00 bits per heavy atom. The lowest BCUT2D eigenvalue weighted by Gasteiger charge is -2.32. The smallest absolute Gasteiger partial charge is 0.0891 e. The molecule has 0 saturated carbocycles. The second-order valence-electron chi connectivity index (χ2n) is 6.94. The number of hydrogen-bond donors (Lipinski definition) is 0. The maximum atomic E-state index is 5.20. The number of nitrogens with zero attached hydrogens (tertiary/aromatic N) is 3. The predicted octanol–water partition coefficient (Wildman–Crippen LogP) is 4.40. The van der Waals surface area contributed by atoms with Crippen molar-refractivity contribution in [2.75, 3.05) is 0 Å². The molecule has 3 heteroatoms. The molecule has 3 aromatic rings. The number of fused-ring (bicyclic) bond motifs is 1. The highest BCUT2D eigenvalue weighted by Gasteiger charge is 2.33. The Labute approximate surface area is 148 Å². The molecule has 0 radical (unpaired) electrons. The molecule has 0 aliphatic carbocycles. The average Bonchev–Trinajstić information content (AvgIpc) is 2.64. The third-order valence-corrected chi connectivity index (χ3v) is 5.06. The van der Waals surface area contributed by atoms with Crippen molar-refractivity contribution in [2.24, 2.45) is 4.99 Å². The van der Waals surface area contributed by atoms with E-state index in [0.29, 0.717) is 0 Å². The number of hydrogen-bond acceptors (Lipinski definition) is 3. The number of aromatic nitrogens is 2. The third-order valence-electron chi connectivity index (χ3n) is 5.06. The Balaban J connectivity index is 1.93. The van der Waals surface area contributed by atoms with Gasteiger partial charge in [-0.2, -0.15) is 0 Å². The molecule has 3 nitrogen and oxygen atoms in total. The summed E-state index contributed by atoms with van der Waals surface area (Å²) in [6, 6.07) is 14.8. The van der Waals surface area contributed by atoms with Crippen LogP contribution in [-0.4, -0.2) is 15.7 Å². The van der Waals surface area contributed by atoms with Crippen LogP contribution in [0.1, 0.15) is 40.4 Å². The molecule has 0 bridgehead atoms. The van der Waals surface area contributed by atoms with Gasteiger partial charge in [0.15, 0.2) is 0 Å². The Hall–Kier alpha value is -2.81. The van der Waals surface area contributed by atoms with Crippen molar-refractivity contribution in [1.82, 2.24) is 9.97 Å². The molecular weight excluding hydrogens is 306 g/mol. The summed E-state index contributed by atoms with van der Waals surface area (Å²) in [6.45, 7) is 6.32. The van der Waals surface area contributed by atoms with E-state index in [1.54, 1.807) is 0 Å². The van der Waals surface area contributed by atoms with Crippen molar-refractivity contribution in [3.63, 3.8) is 0 Å². The fourth-order valence-corrected chi connectivity index (χ4v) is 3.46. The largest absolute Gasteiger partial charge is 0.273 e. The van der Waals surface area contributed by atoms with E-state index in [-0.39, 0.29) is 5.54 Å². The molecule has 1 atom stereocenters. The Bertz CT molecular complexity index is 960. The van der Waals surface area contributed by atoms with Crippen LogP contribution in [0.2, 0.25) is 0 Å². The van der Waals surface area contributed by atoms with Crippen LogP contribution in [0.15, 0.2) is 66.0 Å². The quantitative estimate of drug-likeness (QED) is 0.699. The molecule has 1 unspecified atom stereocenters. The molecule has 124 valence electrons. The maximum absolute atomic E-state index is 5.20. The lowest BCUT2D eigenvalue weighted by molar-refractivity contribution is 0.487. The molecule has 0 saturated heterocycles. The fourth-order valence-electron chi connectivity index (χ4n) is 3.46. The van der Waals surface area contributed by atoms with Crippen molar-refractivity contribution in [1.29, 1.82) is 0 Å². The minimum absolute atomic E-state index is 0.323. The second-order valence-corrected chi connectivity index (χ2v) is 6.94. The van der Waals surface area contributed by atoms with Crippen molar-refractivity contribution < 1.29 is 0 Å². The van der Waals surface area contributed by atoms with Crippen molar-refractivity contribution in [3.8, 4) is 0 Å². The first kappa shape index (κ1) is 15.7. The molecule has 4 rings (SSSR count). The first-order chi connectivity index (χ1) is 12.1. The van der Waals surface area contributed by atoms with E-state index in [2.05, 4.69) is 60.2 Å². The summed E-state index contributed by atoms with van der Waals surface area (Å²) in [5, 5.41) is 0. The van der Waals surface area contributed by atoms with E-state index >= 15 is 0 Å². The maximum Gasteiger partial charge on any atom is 0.0891 e. The predicted molar refractivity (Wildman–Crippen MR) is 101 cm³/mol. The summed E-state index contributed by atoms with van der Waals surface area (Å²) in [5.41, 5.74) is 7.67. The molecule has 2 aromatic heterocycles. The SMILES string of the molecule is Cc1cc(C2=NC(C)(c3cccnc3)Cc3ccccc32)cnc1C. The first-order valence-corrected chi connectivity index (χ1v) is 8.59. The first-order valence-electron chi connectivity index (χ1n) is 8.59. The van der Waals surface area contributed by atoms with Crippen LogP contribution < -0.4 is 0 Å². The summed E-state index contributed by atoms with van der Waals surface area (Å²) in [5.74, 6) is 0. The minimum Gasteiger partial charge on any atom is -0.273 e. The molecule has 0 fully saturated rings. The summed E-state index contributed by atoms with van der Waals surface area (Å²) < 4.78 is 0. The molecule has 1 aromatic carbocycles. The highest BCUT2D eigenvalue weighted by Crippen LogP contribution is 2.36. The van der Waals surface area contributed by atoms with Crippen LogP contribution in [-0.2, 0) is 12.0 Å².